The molecule has 0 aromatic heterocycles. The van der Waals surface area contributed by atoms with Crippen molar-refractivity contribution in [3.8, 4) is 0 Å². The van der Waals surface area contributed by atoms with Crippen molar-refractivity contribution >= 4 is 20.2 Å². The summed E-state index contributed by atoms with van der Waals surface area (Å²) in [5, 5.41) is 0. The van der Waals surface area contributed by atoms with Crippen LogP contribution in [0.5, 0.6) is 0 Å². The van der Waals surface area contributed by atoms with Gasteiger partial charge in [-0.15, -0.1) is 0 Å². The summed E-state index contributed by atoms with van der Waals surface area (Å²) in [5.74, 6) is -1.81. The molecule has 0 spiro atoms. The fourth-order valence-corrected chi connectivity index (χ4v) is 2.97. The van der Waals surface area contributed by atoms with E-state index < -0.39 is 70.1 Å². The second kappa shape index (κ2) is 7.79. The fourth-order valence-electron chi connectivity index (χ4n) is 0.989. The SMILES string of the molecule is O=S(=O)(CCCCS(=O)(=O)OCC(F)(F)F)OCC(F)(F)F. The summed E-state index contributed by atoms with van der Waals surface area (Å²) < 4.78 is 122. The molecule has 0 saturated carbocycles. The molecule has 14 heteroatoms. The molecule has 0 rings (SSSR count). The first-order chi connectivity index (χ1) is 9.62. The van der Waals surface area contributed by atoms with E-state index in [-0.39, 0.29) is 0 Å². The van der Waals surface area contributed by atoms with Crippen LogP contribution in [0.1, 0.15) is 12.8 Å². The number of hydrogen-bond acceptors (Lipinski definition) is 6. The minimum atomic E-state index is -4.85. The third-order valence-corrected chi connectivity index (χ3v) is 4.37. The highest BCUT2D eigenvalue weighted by Gasteiger charge is 2.32. The van der Waals surface area contributed by atoms with Gasteiger partial charge in [0.25, 0.3) is 20.2 Å². The van der Waals surface area contributed by atoms with Crippen molar-refractivity contribution in [1.29, 1.82) is 0 Å². The van der Waals surface area contributed by atoms with Gasteiger partial charge in [-0.1, -0.05) is 0 Å². The van der Waals surface area contributed by atoms with Crippen molar-refractivity contribution in [2.24, 2.45) is 0 Å². The van der Waals surface area contributed by atoms with E-state index >= 15 is 0 Å². The van der Waals surface area contributed by atoms with E-state index in [1.54, 1.807) is 0 Å². The quantitative estimate of drug-likeness (QED) is 0.342. The summed E-state index contributed by atoms with van der Waals surface area (Å²) in [6.45, 7) is -4.02. The van der Waals surface area contributed by atoms with E-state index in [9.17, 15) is 43.2 Å². The van der Waals surface area contributed by atoms with Crippen LogP contribution in [0.25, 0.3) is 0 Å². The highest BCUT2D eigenvalue weighted by Crippen LogP contribution is 2.17. The summed E-state index contributed by atoms with van der Waals surface area (Å²) in [5.41, 5.74) is 0. The topological polar surface area (TPSA) is 86.7 Å². The zero-order valence-corrected chi connectivity index (χ0v) is 12.4. The molecule has 0 aromatic rings. The molecule has 0 bridgehead atoms. The van der Waals surface area contributed by atoms with Crippen molar-refractivity contribution < 1.29 is 51.5 Å². The Labute approximate surface area is 122 Å². The highest BCUT2D eigenvalue weighted by molar-refractivity contribution is 7.87. The van der Waals surface area contributed by atoms with Crippen LogP contribution in [0, 0.1) is 0 Å². The molecule has 22 heavy (non-hydrogen) atoms. The first-order valence-electron chi connectivity index (χ1n) is 5.50. The molecule has 0 unspecified atom stereocenters. The van der Waals surface area contributed by atoms with Crippen molar-refractivity contribution in [1.82, 2.24) is 0 Å². The average Bonchev–Trinajstić information content (AvgIpc) is 2.29. The van der Waals surface area contributed by atoms with Crippen molar-refractivity contribution in [3.05, 3.63) is 0 Å². The summed E-state index contributed by atoms with van der Waals surface area (Å²) in [6.07, 6.45) is -10.5. The van der Waals surface area contributed by atoms with Crippen LogP contribution in [0.3, 0.4) is 0 Å². The van der Waals surface area contributed by atoms with Crippen molar-refractivity contribution in [2.75, 3.05) is 24.7 Å². The Bertz CT molecular complexity index is 484. The molecule has 0 aliphatic heterocycles. The molecule has 0 aromatic carbocycles. The maximum atomic E-state index is 11.7. The van der Waals surface area contributed by atoms with Gasteiger partial charge in [-0.3, -0.25) is 8.37 Å². The van der Waals surface area contributed by atoms with E-state index in [1.807, 2.05) is 0 Å². The summed E-state index contributed by atoms with van der Waals surface area (Å²) in [7, 11) is -9.01. The van der Waals surface area contributed by atoms with Gasteiger partial charge in [0.1, 0.15) is 0 Å². The van der Waals surface area contributed by atoms with Gasteiger partial charge >= 0.3 is 12.4 Å². The van der Waals surface area contributed by atoms with Gasteiger partial charge < -0.3 is 0 Å². The predicted octanol–water partition coefficient (Wildman–Crippen LogP) is 1.58. The third kappa shape index (κ3) is 13.1. The second-order valence-corrected chi connectivity index (χ2v) is 7.50. The van der Waals surface area contributed by atoms with Crippen LogP contribution in [0.4, 0.5) is 26.3 Å². The third-order valence-electron chi connectivity index (χ3n) is 1.84. The number of hydrogen-bond donors (Lipinski definition) is 0. The van der Waals surface area contributed by atoms with Crippen LogP contribution in [-0.4, -0.2) is 53.9 Å². The average molecular weight is 382 g/mol. The van der Waals surface area contributed by atoms with Gasteiger partial charge in [-0.25, -0.2) is 0 Å². The standard InChI is InChI=1S/C8H12F6O6S2/c9-7(10,11)5-19-21(15,16)3-1-2-4-22(17,18)20-6-8(12,13)14/h1-6H2. The smallest absolute Gasteiger partial charge is 0.261 e. The summed E-state index contributed by atoms with van der Waals surface area (Å²) in [6, 6.07) is 0. The lowest BCUT2D eigenvalue weighted by atomic mass is 10.4. The Hall–Kier alpha value is -0.600. The fraction of sp³-hybridized carbons (Fsp3) is 1.00. The van der Waals surface area contributed by atoms with E-state index in [1.165, 1.54) is 0 Å². The molecule has 0 atom stereocenters. The predicted molar refractivity (Wildman–Crippen MR) is 60.8 cm³/mol. The molecule has 0 radical (unpaired) electrons. The molecular formula is C8H12F6O6S2. The van der Waals surface area contributed by atoms with Gasteiger partial charge in [0.05, 0.1) is 11.5 Å². The monoisotopic (exact) mass is 382 g/mol. The zero-order chi connectivity index (χ0) is 17.7. The minimum absolute atomic E-state index is 0.422. The Morgan fingerprint density at radius 3 is 1.14 bits per heavy atom. The van der Waals surface area contributed by atoms with Gasteiger partial charge in [-0.2, -0.15) is 43.2 Å². The second-order valence-electron chi connectivity index (χ2n) is 3.99. The molecule has 0 saturated heterocycles. The van der Waals surface area contributed by atoms with Crippen LogP contribution in [0.15, 0.2) is 0 Å². The normalized spacial score (nSPS) is 14.3. The lowest BCUT2D eigenvalue weighted by Crippen LogP contribution is -2.23. The van der Waals surface area contributed by atoms with Crippen LogP contribution >= 0.6 is 0 Å². The van der Waals surface area contributed by atoms with E-state index in [4.69, 9.17) is 0 Å². The molecular weight excluding hydrogens is 370 g/mol. The molecule has 6 nitrogen and oxygen atoms in total. The van der Waals surface area contributed by atoms with E-state index in [0.717, 1.165) is 0 Å². The molecule has 0 amide bonds. The first kappa shape index (κ1) is 21.4. The van der Waals surface area contributed by atoms with Crippen LogP contribution < -0.4 is 0 Å². The van der Waals surface area contributed by atoms with E-state index in [2.05, 4.69) is 8.37 Å². The zero-order valence-electron chi connectivity index (χ0n) is 10.8. The lowest BCUT2D eigenvalue weighted by Gasteiger charge is -2.09. The highest BCUT2D eigenvalue weighted by atomic mass is 32.2. The summed E-state index contributed by atoms with van der Waals surface area (Å²) >= 11 is 0. The first-order valence-corrected chi connectivity index (χ1v) is 8.65. The minimum Gasteiger partial charge on any atom is -0.261 e. The van der Waals surface area contributed by atoms with Gasteiger partial charge in [0, 0.05) is 0 Å². The van der Waals surface area contributed by atoms with Crippen LogP contribution in [-0.2, 0) is 28.6 Å². The number of halogens is 6. The maximum Gasteiger partial charge on any atom is 0.413 e. The number of unbranched alkanes of at least 4 members (excludes halogenated alkanes) is 1. The van der Waals surface area contributed by atoms with Gasteiger partial charge in [0.2, 0.25) is 0 Å². The molecule has 134 valence electrons. The molecule has 0 fully saturated rings. The number of alkyl halides is 6. The lowest BCUT2D eigenvalue weighted by molar-refractivity contribution is -0.153. The molecule has 0 aliphatic rings. The Morgan fingerprint density at radius 1 is 0.636 bits per heavy atom. The Morgan fingerprint density at radius 2 is 0.909 bits per heavy atom. The Balaban J connectivity index is 4.11. The van der Waals surface area contributed by atoms with Crippen molar-refractivity contribution in [2.45, 2.75) is 25.2 Å². The van der Waals surface area contributed by atoms with Gasteiger partial charge in [0.15, 0.2) is 13.2 Å². The summed E-state index contributed by atoms with van der Waals surface area (Å²) in [4.78, 5) is 0. The van der Waals surface area contributed by atoms with E-state index in [0.29, 0.717) is 0 Å². The maximum absolute atomic E-state index is 11.7. The van der Waals surface area contributed by atoms with Crippen molar-refractivity contribution in [3.63, 3.8) is 0 Å². The molecule has 0 aliphatic carbocycles. The molecule has 0 heterocycles. The van der Waals surface area contributed by atoms with Crippen LogP contribution in [0.2, 0.25) is 0 Å². The largest absolute Gasteiger partial charge is 0.413 e. The Kier molecular flexibility index (Phi) is 7.57. The molecule has 0 N–H and O–H groups in total. The number of rotatable bonds is 9. The van der Waals surface area contributed by atoms with Gasteiger partial charge in [-0.05, 0) is 12.8 Å².